The van der Waals surface area contributed by atoms with E-state index in [-0.39, 0.29) is 0 Å². The summed E-state index contributed by atoms with van der Waals surface area (Å²) >= 11 is 3.52. The molecule has 0 amide bonds. The Morgan fingerprint density at radius 3 is 2.80 bits per heavy atom. The lowest BCUT2D eigenvalue weighted by molar-refractivity contribution is -0.107. The maximum atomic E-state index is 10.5. The quantitative estimate of drug-likeness (QED) is 0.831. The Kier molecular flexibility index (Phi) is 2.65. The van der Waals surface area contributed by atoms with Crippen LogP contribution in [-0.2, 0) is 11.2 Å². The fourth-order valence-electron chi connectivity index (χ4n) is 1.78. The molecule has 0 bridgehead atoms. The van der Waals surface area contributed by atoms with Crippen LogP contribution in [0.5, 0.6) is 0 Å². The van der Waals surface area contributed by atoms with Crippen molar-refractivity contribution in [2.24, 2.45) is 0 Å². The van der Waals surface area contributed by atoms with E-state index in [1.807, 2.05) is 6.07 Å². The Labute approximate surface area is 96.8 Å². The van der Waals surface area contributed by atoms with Crippen molar-refractivity contribution in [3.8, 4) is 0 Å². The van der Waals surface area contributed by atoms with Gasteiger partial charge in [-0.25, -0.2) is 0 Å². The van der Waals surface area contributed by atoms with Gasteiger partial charge in [-0.2, -0.15) is 0 Å². The average Bonchev–Trinajstić information content (AvgIpc) is 2.46. The number of H-pyrrole nitrogens is 1. The van der Waals surface area contributed by atoms with Crippen LogP contribution < -0.4 is 0 Å². The number of nitrogens with one attached hydrogen (secondary N) is 1. The molecular formula is C12H12BrNO. The molecule has 0 aliphatic heterocycles. The van der Waals surface area contributed by atoms with Crippen LogP contribution in [0.4, 0.5) is 0 Å². The van der Waals surface area contributed by atoms with Gasteiger partial charge in [-0.15, -0.1) is 0 Å². The Hall–Kier alpha value is -1.09. The van der Waals surface area contributed by atoms with Crippen molar-refractivity contribution in [1.82, 2.24) is 4.98 Å². The standard InChI is InChI=1S/C12H12BrNO/c1-7-8(2)14-12-10(7)5-9(3-4-15)6-11(12)13/h4-6,14H,3H2,1-2H3. The van der Waals surface area contributed by atoms with E-state index < -0.39 is 0 Å². The first-order chi connectivity index (χ1) is 7.13. The lowest BCUT2D eigenvalue weighted by Crippen LogP contribution is -1.86. The minimum absolute atomic E-state index is 0.470. The first-order valence-electron chi connectivity index (χ1n) is 4.84. The molecule has 0 radical (unpaired) electrons. The first kappa shape index (κ1) is 10.4. The molecule has 0 saturated heterocycles. The number of aromatic nitrogens is 1. The maximum absolute atomic E-state index is 10.5. The van der Waals surface area contributed by atoms with Gasteiger partial charge < -0.3 is 9.78 Å². The van der Waals surface area contributed by atoms with Gasteiger partial charge in [-0.3, -0.25) is 0 Å². The van der Waals surface area contributed by atoms with Gasteiger partial charge in [0.2, 0.25) is 0 Å². The van der Waals surface area contributed by atoms with Crippen LogP contribution in [0.3, 0.4) is 0 Å². The zero-order valence-corrected chi connectivity index (χ0v) is 10.3. The molecule has 1 N–H and O–H groups in total. The number of fused-ring (bicyclic) bond motifs is 1. The Balaban J connectivity index is 2.73. The van der Waals surface area contributed by atoms with E-state index in [0.29, 0.717) is 6.42 Å². The highest BCUT2D eigenvalue weighted by atomic mass is 79.9. The summed E-state index contributed by atoms with van der Waals surface area (Å²) in [6.07, 6.45) is 1.40. The Morgan fingerprint density at radius 2 is 2.13 bits per heavy atom. The summed E-state index contributed by atoms with van der Waals surface area (Å²) < 4.78 is 1.02. The molecular weight excluding hydrogens is 254 g/mol. The van der Waals surface area contributed by atoms with E-state index >= 15 is 0 Å². The highest BCUT2D eigenvalue weighted by molar-refractivity contribution is 9.10. The summed E-state index contributed by atoms with van der Waals surface area (Å²) in [7, 11) is 0. The summed E-state index contributed by atoms with van der Waals surface area (Å²) in [5, 5.41) is 1.19. The lowest BCUT2D eigenvalue weighted by atomic mass is 10.1. The fraction of sp³-hybridized carbons (Fsp3) is 0.250. The Morgan fingerprint density at radius 1 is 1.40 bits per heavy atom. The van der Waals surface area contributed by atoms with Crippen LogP contribution in [0.15, 0.2) is 16.6 Å². The number of aromatic amines is 1. The molecule has 1 heterocycles. The third-order valence-corrected chi connectivity index (χ3v) is 3.37. The van der Waals surface area contributed by atoms with Crippen LogP contribution >= 0.6 is 15.9 Å². The number of hydrogen-bond donors (Lipinski definition) is 1. The zero-order chi connectivity index (χ0) is 11.0. The second-order valence-electron chi connectivity index (χ2n) is 3.75. The number of carbonyl (C=O) groups excluding carboxylic acids is 1. The van der Waals surface area contributed by atoms with Gasteiger partial charge in [-0.1, -0.05) is 0 Å². The number of aldehydes is 1. The second-order valence-corrected chi connectivity index (χ2v) is 4.60. The third-order valence-electron chi connectivity index (χ3n) is 2.75. The minimum atomic E-state index is 0.470. The van der Waals surface area contributed by atoms with Crippen LogP contribution in [0, 0.1) is 13.8 Å². The van der Waals surface area contributed by atoms with Crippen molar-refractivity contribution < 1.29 is 4.79 Å². The highest BCUT2D eigenvalue weighted by Gasteiger charge is 2.08. The zero-order valence-electron chi connectivity index (χ0n) is 8.73. The summed E-state index contributed by atoms with van der Waals surface area (Å²) in [4.78, 5) is 13.8. The summed E-state index contributed by atoms with van der Waals surface area (Å²) in [5.74, 6) is 0. The van der Waals surface area contributed by atoms with E-state index in [1.54, 1.807) is 0 Å². The molecule has 3 heteroatoms. The van der Waals surface area contributed by atoms with Gasteiger partial charge >= 0.3 is 0 Å². The monoisotopic (exact) mass is 265 g/mol. The number of rotatable bonds is 2. The van der Waals surface area contributed by atoms with Crippen molar-refractivity contribution in [2.45, 2.75) is 20.3 Å². The summed E-state index contributed by atoms with van der Waals surface area (Å²) in [5.41, 5.74) is 4.58. The molecule has 0 saturated carbocycles. The molecule has 15 heavy (non-hydrogen) atoms. The van der Waals surface area contributed by atoms with E-state index in [2.05, 4.69) is 40.8 Å². The second kappa shape index (κ2) is 3.81. The van der Waals surface area contributed by atoms with Crippen LogP contribution in [0.2, 0.25) is 0 Å². The number of hydrogen-bond acceptors (Lipinski definition) is 1. The lowest BCUT2D eigenvalue weighted by Gasteiger charge is -2.00. The van der Waals surface area contributed by atoms with Crippen LogP contribution in [0.25, 0.3) is 10.9 Å². The van der Waals surface area contributed by atoms with Gasteiger partial charge in [0.15, 0.2) is 0 Å². The highest BCUT2D eigenvalue weighted by Crippen LogP contribution is 2.29. The Bertz CT molecular complexity index is 528. The van der Waals surface area contributed by atoms with Crippen molar-refractivity contribution in [3.05, 3.63) is 33.4 Å². The molecule has 0 fully saturated rings. The van der Waals surface area contributed by atoms with Crippen molar-refractivity contribution in [1.29, 1.82) is 0 Å². The van der Waals surface area contributed by atoms with Gasteiger partial charge in [-0.05, 0) is 53.0 Å². The molecule has 78 valence electrons. The molecule has 0 spiro atoms. The van der Waals surface area contributed by atoms with Crippen molar-refractivity contribution >= 4 is 33.1 Å². The first-order valence-corrected chi connectivity index (χ1v) is 5.63. The molecule has 0 aliphatic carbocycles. The molecule has 0 atom stereocenters. The molecule has 2 nitrogen and oxygen atoms in total. The molecule has 1 aromatic heterocycles. The van der Waals surface area contributed by atoms with E-state index in [1.165, 1.54) is 16.6 Å². The maximum Gasteiger partial charge on any atom is 0.124 e. The van der Waals surface area contributed by atoms with E-state index in [0.717, 1.165) is 21.8 Å². The summed E-state index contributed by atoms with van der Waals surface area (Å²) in [6, 6.07) is 4.07. The molecule has 2 rings (SSSR count). The average molecular weight is 266 g/mol. The minimum Gasteiger partial charge on any atom is -0.357 e. The topological polar surface area (TPSA) is 32.9 Å². The number of benzene rings is 1. The van der Waals surface area contributed by atoms with Gasteiger partial charge in [0.1, 0.15) is 6.29 Å². The SMILES string of the molecule is Cc1[nH]c2c(Br)cc(CC=O)cc2c1C. The molecule has 1 aromatic carbocycles. The predicted octanol–water partition coefficient (Wildman–Crippen LogP) is 3.29. The van der Waals surface area contributed by atoms with Crippen LogP contribution in [-0.4, -0.2) is 11.3 Å². The van der Waals surface area contributed by atoms with Gasteiger partial charge in [0, 0.05) is 22.0 Å². The normalized spacial score (nSPS) is 10.9. The van der Waals surface area contributed by atoms with Gasteiger partial charge in [0.05, 0.1) is 5.52 Å². The number of halogens is 1. The molecule has 0 unspecified atom stereocenters. The summed E-state index contributed by atoms with van der Waals surface area (Å²) in [6.45, 7) is 4.15. The largest absolute Gasteiger partial charge is 0.357 e. The number of carbonyl (C=O) groups is 1. The van der Waals surface area contributed by atoms with Gasteiger partial charge in [0.25, 0.3) is 0 Å². The van der Waals surface area contributed by atoms with E-state index in [9.17, 15) is 4.79 Å². The smallest absolute Gasteiger partial charge is 0.124 e. The molecule has 0 aliphatic rings. The van der Waals surface area contributed by atoms with Crippen LogP contribution in [0.1, 0.15) is 16.8 Å². The van der Waals surface area contributed by atoms with E-state index in [4.69, 9.17) is 0 Å². The predicted molar refractivity (Wildman–Crippen MR) is 65.2 cm³/mol. The fourth-order valence-corrected chi connectivity index (χ4v) is 2.39. The van der Waals surface area contributed by atoms with Crippen molar-refractivity contribution in [3.63, 3.8) is 0 Å². The molecule has 2 aromatic rings. The number of aryl methyl sites for hydroxylation is 2. The third kappa shape index (κ3) is 1.72. The van der Waals surface area contributed by atoms with Crippen molar-refractivity contribution in [2.75, 3.05) is 0 Å².